The molecular formula is C12H16ClNO2. The van der Waals surface area contributed by atoms with Gasteiger partial charge in [0.1, 0.15) is 5.75 Å². The van der Waals surface area contributed by atoms with Crippen LogP contribution in [0.25, 0.3) is 0 Å². The van der Waals surface area contributed by atoms with Crippen LogP contribution in [-0.4, -0.2) is 25.5 Å². The highest BCUT2D eigenvalue weighted by Crippen LogP contribution is 2.26. The van der Waals surface area contributed by atoms with Gasteiger partial charge in [0.2, 0.25) is 0 Å². The summed E-state index contributed by atoms with van der Waals surface area (Å²) in [4.78, 5) is 11.6. The Balaban J connectivity index is 2.86. The van der Waals surface area contributed by atoms with E-state index in [1.807, 2.05) is 13.8 Å². The molecule has 0 saturated heterocycles. The molecule has 0 spiro atoms. The third kappa shape index (κ3) is 3.51. The van der Waals surface area contributed by atoms with Gasteiger partial charge in [0.15, 0.2) is 5.78 Å². The third-order valence-electron chi connectivity index (χ3n) is 1.95. The van der Waals surface area contributed by atoms with Crippen LogP contribution in [0.3, 0.4) is 0 Å². The van der Waals surface area contributed by atoms with Crippen molar-refractivity contribution >= 4 is 17.4 Å². The number of nitrogens with one attached hydrogen (secondary N) is 1. The van der Waals surface area contributed by atoms with Gasteiger partial charge in [-0.2, -0.15) is 0 Å². The van der Waals surface area contributed by atoms with Gasteiger partial charge in [-0.25, -0.2) is 0 Å². The first-order valence-electron chi connectivity index (χ1n) is 5.18. The number of hydrogen-bond donors (Lipinski definition) is 1. The van der Waals surface area contributed by atoms with Gasteiger partial charge in [-0.1, -0.05) is 11.6 Å². The molecular weight excluding hydrogens is 226 g/mol. The number of ether oxygens (including phenoxy) is 1. The van der Waals surface area contributed by atoms with Gasteiger partial charge >= 0.3 is 0 Å². The van der Waals surface area contributed by atoms with E-state index in [-0.39, 0.29) is 11.9 Å². The highest BCUT2D eigenvalue weighted by Gasteiger charge is 2.09. The van der Waals surface area contributed by atoms with Gasteiger partial charge in [0, 0.05) is 5.56 Å². The lowest BCUT2D eigenvalue weighted by atomic mass is 10.1. The van der Waals surface area contributed by atoms with Crippen molar-refractivity contribution < 1.29 is 9.53 Å². The van der Waals surface area contributed by atoms with Gasteiger partial charge in [-0.15, -0.1) is 0 Å². The van der Waals surface area contributed by atoms with Gasteiger partial charge in [0.05, 0.1) is 17.7 Å². The molecule has 0 unspecified atom stereocenters. The molecule has 0 bridgehead atoms. The van der Waals surface area contributed by atoms with Crippen molar-refractivity contribution in [3.05, 3.63) is 28.8 Å². The van der Waals surface area contributed by atoms with Crippen LogP contribution in [0.5, 0.6) is 5.75 Å². The highest BCUT2D eigenvalue weighted by molar-refractivity contribution is 6.32. The molecule has 0 aliphatic carbocycles. The summed E-state index contributed by atoms with van der Waals surface area (Å²) in [5.41, 5.74) is 0.593. The van der Waals surface area contributed by atoms with Crippen molar-refractivity contribution in [2.75, 3.05) is 13.6 Å². The first kappa shape index (κ1) is 13.0. The lowest BCUT2D eigenvalue weighted by Gasteiger charge is -2.11. The third-order valence-corrected chi connectivity index (χ3v) is 2.25. The summed E-state index contributed by atoms with van der Waals surface area (Å²) in [6.07, 6.45) is 0.0661. The molecule has 1 rings (SSSR count). The standard InChI is InChI=1S/C12H16ClNO2/c1-8(2)16-12-5-4-9(6-10(12)13)11(15)7-14-3/h4-6,8,14H,7H2,1-3H3. The van der Waals surface area contributed by atoms with E-state index >= 15 is 0 Å². The maximum atomic E-state index is 11.6. The quantitative estimate of drug-likeness (QED) is 0.806. The summed E-state index contributed by atoms with van der Waals surface area (Å²) in [7, 11) is 1.73. The van der Waals surface area contributed by atoms with Crippen molar-refractivity contribution in [2.24, 2.45) is 0 Å². The van der Waals surface area contributed by atoms with Gasteiger partial charge in [-0.3, -0.25) is 4.79 Å². The van der Waals surface area contributed by atoms with E-state index in [1.165, 1.54) is 0 Å². The molecule has 4 heteroatoms. The number of carbonyl (C=O) groups excluding carboxylic acids is 1. The Morgan fingerprint density at radius 2 is 2.19 bits per heavy atom. The number of likely N-dealkylation sites (N-methyl/N-ethyl adjacent to an activating group) is 1. The van der Waals surface area contributed by atoms with Crippen molar-refractivity contribution in [2.45, 2.75) is 20.0 Å². The molecule has 1 N–H and O–H groups in total. The van der Waals surface area contributed by atoms with E-state index in [4.69, 9.17) is 16.3 Å². The average molecular weight is 242 g/mol. The molecule has 3 nitrogen and oxygen atoms in total. The Kier molecular flexibility index (Phi) is 4.77. The Hall–Kier alpha value is -1.06. The normalized spacial score (nSPS) is 10.6. The van der Waals surface area contributed by atoms with Crippen LogP contribution in [0.15, 0.2) is 18.2 Å². The van der Waals surface area contributed by atoms with Crippen molar-refractivity contribution in [1.82, 2.24) is 5.32 Å². The second kappa shape index (κ2) is 5.87. The van der Waals surface area contributed by atoms with Crippen LogP contribution in [0.1, 0.15) is 24.2 Å². The molecule has 88 valence electrons. The number of carbonyl (C=O) groups is 1. The minimum Gasteiger partial charge on any atom is -0.489 e. The van der Waals surface area contributed by atoms with Crippen molar-refractivity contribution in [3.8, 4) is 5.75 Å². The largest absolute Gasteiger partial charge is 0.489 e. The van der Waals surface area contributed by atoms with Crippen molar-refractivity contribution in [1.29, 1.82) is 0 Å². The van der Waals surface area contributed by atoms with Crippen LogP contribution in [-0.2, 0) is 0 Å². The van der Waals surface area contributed by atoms with Crippen LogP contribution < -0.4 is 10.1 Å². The fourth-order valence-electron chi connectivity index (χ4n) is 1.29. The second-order valence-electron chi connectivity index (χ2n) is 3.77. The first-order chi connectivity index (χ1) is 7.54. The summed E-state index contributed by atoms with van der Waals surface area (Å²) >= 11 is 6.02. The summed E-state index contributed by atoms with van der Waals surface area (Å²) < 4.78 is 5.48. The Labute approximate surface area is 101 Å². The predicted octanol–water partition coefficient (Wildman–Crippen LogP) is 2.53. The van der Waals surface area contributed by atoms with E-state index < -0.39 is 0 Å². The molecule has 0 amide bonds. The number of halogens is 1. The maximum absolute atomic E-state index is 11.6. The minimum absolute atomic E-state index is 0.0143. The Bertz CT molecular complexity index is 377. The number of benzene rings is 1. The summed E-state index contributed by atoms with van der Waals surface area (Å²) in [5.74, 6) is 0.623. The van der Waals surface area contributed by atoms with Gasteiger partial charge in [0.25, 0.3) is 0 Å². The number of hydrogen-bond acceptors (Lipinski definition) is 3. The molecule has 0 aliphatic rings. The molecule has 1 aromatic carbocycles. The molecule has 0 aliphatic heterocycles. The smallest absolute Gasteiger partial charge is 0.176 e. The molecule has 0 atom stereocenters. The number of rotatable bonds is 5. The second-order valence-corrected chi connectivity index (χ2v) is 4.17. The zero-order valence-corrected chi connectivity index (χ0v) is 10.5. The molecule has 0 aromatic heterocycles. The molecule has 0 radical (unpaired) electrons. The minimum atomic E-state index is 0.0143. The van der Waals surface area contributed by atoms with Gasteiger partial charge < -0.3 is 10.1 Å². The van der Waals surface area contributed by atoms with Crippen LogP contribution in [0.2, 0.25) is 5.02 Å². The zero-order valence-electron chi connectivity index (χ0n) is 9.71. The van der Waals surface area contributed by atoms with Gasteiger partial charge in [-0.05, 0) is 39.1 Å². The van der Waals surface area contributed by atoms with Crippen LogP contribution >= 0.6 is 11.6 Å². The predicted molar refractivity (Wildman–Crippen MR) is 65.5 cm³/mol. The van der Waals surface area contributed by atoms with E-state index in [0.717, 1.165) is 0 Å². The van der Waals surface area contributed by atoms with Crippen molar-refractivity contribution in [3.63, 3.8) is 0 Å². The molecule has 0 saturated carbocycles. The lowest BCUT2D eigenvalue weighted by molar-refractivity contribution is 0.0993. The van der Waals surface area contributed by atoms with E-state index in [2.05, 4.69) is 5.32 Å². The first-order valence-corrected chi connectivity index (χ1v) is 5.56. The van der Waals surface area contributed by atoms with E-state index in [0.29, 0.717) is 22.9 Å². The molecule has 1 aromatic rings. The van der Waals surface area contributed by atoms with E-state index in [9.17, 15) is 4.79 Å². The maximum Gasteiger partial charge on any atom is 0.176 e. The number of Topliss-reactive ketones (excluding diaryl/α,β-unsaturated/α-hetero) is 1. The molecule has 0 heterocycles. The Morgan fingerprint density at radius 3 is 2.69 bits per heavy atom. The zero-order chi connectivity index (χ0) is 12.1. The fourth-order valence-corrected chi connectivity index (χ4v) is 1.51. The van der Waals surface area contributed by atoms with Crippen LogP contribution in [0.4, 0.5) is 0 Å². The summed E-state index contributed by atoms with van der Waals surface area (Å²) in [6, 6.07) is 5.09. The summed E-state index contributed by atoms with van der Waals surface area (Å²) in [5, 5.41) is 3.28. The van der Waals surface area contributed by atoms with E-state index in [1.54, 1.807) is 25.2 Å². The topological polar surface area (TPSA) is 38.3 Å². The monoisotopic (exact) mass is 241 g/mol. The number of ketones is 1. The fraction of sp³-hybridized carbons (Fsp3) is 0.417. The highest BCUT2D eigenvalue weighted by atomic mass is 35.5. The molecule has 16 heavy (non-hydrogen) atoms. The average Bonchev–Trinajstić information content (AvgIpc) is 2.20. The lowest BCUT2D eigenvalue weighted by Crippen LogP contribution is -2.18. The summed E-state index contributed by atoms with van der Waals surface area (Å²) in [6.45, 7) is 4.16. The van der Waals surface area contributed by atoms with Crippen LogP contribution in [0, 0.1) is 0 Å². The SMILES string of the molecule is CNCC(=O)c1ccc(OC(C)C)c(Cl)c1. The molecule has 0 fully saturated rings. The Morgan fingerprint density at radius 1 is 1.50 bits per heavy atom.